The van der Waals surface area contributed by atoms with Crippen molar-refractivity contribution in [2.45, 2.75) is 6.54 Å². The lowest BCUT2D eigenvalue weighted by molar-refractivity contribution is 0.0953. The molecule has 3 heterocycles. The first kappa shape index (κ1) is 18.0. The number of H-pyrrole nitrogens is 2. The first-order valence-electron chi connectivity index (χ1n) is 9.60. The van der Waals surface area contributed by atoms with Crippen LogP contribution in [0.25, 0.3) is 22.3 Å². The van der Waals surface area contributed by atoms with Gasteiger partial charge in [-0.15, -0.1) is 0 Å². The third-order valence-corrected chi connectivity index (χ3v) is 5.02. The lowest BCUT2D eigenvalue weighted by Gasteiger charge is -2.18. The van der Waals surface area contributed by atoms with Crippen molar-refractivity contribution in [1.82, 2.24) is 25.1 Å². The van der Waals surface area contributed by atoms with Gasteiger partial charge in [0.05, 0.1) is 28.5 Å². The second kappa shape index (κ2) is 7.43. The summed E-state index contributed by atoms with van der Waals surface area (Å²) in [5, 5.41) is 9.77. The monoisotopic (exact) mass is 405 g/mol. The van der Waals surface area contributed by atoms with Gasteiger partial charge in [-0.3, -0.25) is 14.5 Å². The Bertz CT molecular complexity index is 1290. The maximum absolute atomic E-state index is 12.7. The molecule has 0 atom stereocenters. The second-order valence-electron chi connectivity index (χ2n) is 6.87. The van der Waals surface area contributed by atoms with E-state index in [0.717, 1.165) is 16.6 Å². The quantitative estimate of drug-likeness (QED) is 0.469. The van der Waals surface area contributed by atoms with Crippen molar-refractivity contribution in [1.29, 1.82) is 0 Å². The van der Waals surface area contributed by atoms with Crippen LogP contribution in [0.15, 0.2) is 53.5 Å². The second-order valence-corrected chi connectivity index (χ2v) is 6.87. The highest BCUT2D eigenvalue weighted by Gasteiger charge is 2.18. The molecule has 0 radical (unpaired) electrons. The molecular weight excluding hydrogens is 386 g/mol. The number of hydrogen-bond donors (Lipinski definition) is 3. The molecule has 1 aliphatic heterocycles. The van der Waals surface area contributed by atoms with E-state index < -0.39 is 0 Å². The Morgan fingerprint density at radius 2 is 1.97 bits per heavy atom. The van der Waals surface area contributed by atoms with E-state index in [-0.39, 0.29) is 11.6 Å². The van der Waals surface area contributed by atoms with Gasteiger partial charge in [0.25, 0.3) is 5.91 Å². The van der Waals surface area contributed by atoms with Crippen molar-refractivity contribution in [2.75, 3.05) is 19.8 Å². The SMILES string of the molecule is O=C(NCCn1c(=O)[nH]c2ccccc21)c1cn[nH]c1-c1ccc2c(c1)OCCO2. The molecule has 0 fully saturated rings. The number of aromatic nitrogens is 4. The van der Waals surface area contributed by atoms with Crippen LogP contribution in [0.5, 0.6) is 11.5 Å². The van der Waals surface area contributed by atoms with Crippen LogP contribution in [0.1, 0.15) is 10.4 Å². The number of fused-ring (bicyclic) bond motifs is 2. The summed E-state index contributed by atoms with van der Waals surface area (Å²) < 4.78 is 12.8. The lowest BCUT2D eigenvalue weighted by Crippen LogP contribution is -2.30. The zero-order valence-electron chi connectivity index (χ0n) is 16.0. The van der Waals surface area contributed by atoms with E-state index in [4.69, 9.17) is 9.47 Å². The van der Waals surface area contributed by atoms with Gasteiger partial charge in [0.2, 0.25) is 0 Å². The van der Waals surface area contributed by atoms with Crippen molar-refractivity contribution in [3.05, 3.63) is 64.7 Å². The average molecular weight is 405 g/mol. The number of imidazole rings is 1. The fourth-order valence-electron chi connectivity index (χ4n) is 3.58. The van der Waals surface area contributed by atoms with Crippen molar-refractivity contribution >= 4 is 16.9 Å². The number of amides is 1. The molecule has 0 spiro atoms. The van der Waals surface area contributed by atoms with Crippen LogP contribution in [-0.4, -0.2) is 45.4 Å². The summed E-state index contributed by atoms with van der Waals surface area (Å²) in [6.07, 6.45) is 1.49. The van der Waals surface area contributed by atoms with Gasteiger partial charge in [0.1, 0.15) is 13.2 Å². The van der Waals surface area contributed by atoms with Gasteiger partial charge in [-0.1, -0.05) is 12.1 Å². The molecule has 0 saturated carbocycles. The number of benzene rings is 2. The van der Waals surface area contributed by atoms with Crippen LogP contribution in [0.4, 0.5) is 0 Å². The molecule has 30 heavy (non-hydrogen) atoms. The number of rotatable bonds is 5. The van der Waals surface area contributed by atoms with Gasteiger partial charge in [0, 0.05) is 18.7 Å². The van der Waals surface area contributed by atoms with E-state index in [1.54, 1.807) is 4.57 Å². The van der Waals surface area contributed by atoms with E-state index in [2.05, 4.69) is 20.5 Å². The molecule has 0 aliphatic carbocycles. The van der Waals surface area contributed by atoms with Crippen molar-refractivity contribution < 1.29 is 14.3 Å². The van der Waals surface area contributed by atoms with Gasteiger partial charge >= 0.3 is 5.69 Å². The summed E-state index contributed by atoms with van der Waals surface area (Å²) in [4.78, 5) is 27.7. The molecular formula is C21H19N5O4. The minimum atomic E-state index is -0.276. The average Bonchev–Trinajstić information content (AvgIpc) is 3.38. The van der Waals surface area contributed by atoms with Gasteiger partial charge in [0.15, 0.2) is 11.5 Å². The molecule has 0 unspecified atom stereocenters. The van der Waals surface area contributed by atoms with Crippen LogP contribution < -0.4 is 20.5 Å². The molecule has 1 amide bonds. The molecule has 2 aromatic heterocycles. The maximum atomic E-state index is 12.7. The lowest BCUT2D eigenvalue weighted by atomic mass is 10.1. The molecule has 2 aromatic carbocycles. The fourth-order valence-corrected chi connectivity index (χ4v) is 3.58. The van der Waals surface area contributed by atoms with Gasteiger partial charge in [-0.25, -0.2) is 4.79 Å². The highest BCUT2D eigenvalue weighted by Crippen LogP contribution is 2.34. The summed E-state index contributed by atoms with van der Waals surface area (Å²) in [5.74, 6) is 1.04. The molecule has 4 aromatic rings. The Morgan fingerprint density at radius 1 is 1.13 bits per heavy atom. The van der Waals surface area contributed by atoms with E-state index in [0.29, 0.717) is 49.1 Å². The minimum Gasteiger partial charge on any atom is -0.486 e. The van der Waals surface area contributed by atoms with E-state index in [1.807, 2.05) is 42.5 Å². The number of ether oxygens (including phenoxy) is 2. The maximum Gasteiger partial charge on any atom is 0.326 e. The molecule has 9 nitrogen and oxygen atoms in total. The zero-order valence-corrected chi connectivity index (χ0v) is 16.0. The normalized spacial score (nSPS) is 12.8. The van der Waals surface area contributed by atoms with Crippen molar-refractivity contribution in [2.24, 2.45) is 0 Å². The molecule has 5 rings (SSSR count). The van der Waals surface area contributed by atoms with E-state index in [9.17, 15) is 9.59 Å². The molecule has 0 saturated heterocycles. The predicted octanol–water partition coefficient (Wildman–Crippen LogP) is 1.92. The topological polar surface area (TPSA) is 114 Å². The Hall–Kier alpha value is -4.01. The number of para-hydroxylation sites is 2. The van der Waals surface area contributed by atoms with Gasteiger partial charge in [-0.2, -0.15) is 5.10 Å². The molecule has 1 aliphatic rings. The Balaban J connectivity index is 1.31. The number of hydrogen-bond acceptors (Lipinski definition) is 5. The molecule has 152 valence electrons. The zero-order chi connectivity index (χ0) is 20.5. The standard InChI is InChI=1S/C21H19N5O4/c27-20(22-7-8-26-16-4-2-1-3-15(16)24-21(26)28)14-12-23-25-19(14)13-5-6-17-18(11-13)30-10-9-29-17/h1-6,11-12H,7-10H2,(H,22,27)(H,23,25)(H,24,28). The van der Waals surface area contributed by atoms with Gasteiger partial charge in [-0.05, 0) is 30.3 Å². The van der Waals surface area contributed by atoms with Crippen LogP contribution in [-0.2, 0) is 6.54 Å². The van der Waals surface area contributed by atoms with E-state index >= 15 is 0 Å². The Morgan fingerprint density at radius 3 is 2.87 bits per heavy atom. The summed E-state index contributed by atoms with van der Waals surface area (Å²) in [5.41, 5.74) is 3.15. The third kappa shape index (κ3) is 3.20. The number of nitrogens with zero attached hydrogens (tertiary/aromatic N) is 2. The fraction of sp³-hybridized carbons (Fsp3) is 0.190. The summed E-state index contributed by atoms with van der Waals surface area (Å²) in [7, 11) is 0. The minimum absolute atomic E-state index is 0.203. The van der Waals surface area contributed by atoms with Crippen LogP contribution in [0, 0.1) is 0 Å². The first-order valence-corrected chi connectivity index (χ1v) is 9.60. The smallest absolute Gasteiger partial charge is 0.326 e. The highest BCUT2D eigenvalue weighted by molar-refractivity contribution is 5.99. The first-order chi connectivity index (χ1) is 14.7. The van der Waals surface area contributed by atoms with Crippen LogP contribution >= 0.6 is 0 Å². The van der Waals surface area contributed by atoms with Gasteiger partial charge < -0.3 is 19.8 Å². The molecule has 9 heteroatoms. The summed E-state index contributed by atoms with van der Waals surface area (Å²) >= 11 is 0. The summed E-state index contributed by atoms with van der Waals surface area (Å²) in [6, 6.07) is 12.9. The summed E-state index contributed by atoms with van der Waals surface area (Å²) in [6.45, 7) is 1.65. The third-order valence-electron chi connectivity index (χ3n) is 5.02. The van der Waals surface area contributed by atoms with Crippen molar-refractivity contribution in [3.63, 3.8) is 0 Å². The molecule has 0 bridgehead atoms. The van der Waals surface area contributed by atoms with Crippen molar-refractivity contribution in [3.8, 4) is 22.8 Å². The number of nitrogens with one attached hydrogen (secondary N) is 3. The Kier molecular flexibility index (Phi) is 4.47. The predicted molar refractivity (Wildman–Crippen MR) is 110 cm³/mol. The molecule has 3 N–H and O–H groups in total. The Labute approximate surface area is 170 Å². The number of aromatic amines is 2. The van der Waals surface area contributed by atoms with E-state index in [1.165, 1.54) is 6.20 Å². The number of carbonyl (C=O) groups is 1. The highest BCUT2D eigenvalue weighted by atomic mass is 16.6. The van der Waals surface area contributed by atoms with Crippen LogP contribution in [0.3, 0.4) is 0 Å². The largest absolute Gasteiger partial charge is 0.486 e. The number of carbonyl (C=O) groups excluding carboxylic acids is 1. The van der Waals surface area contributed by atoms with Crippen LogP contribution in [0.2, 0.25) is 0 Å².